The van der Waals surface area contributed by atoms with Gasteiger partial charge in [-0.3, -0.25) is 4.79 Å². The smallest absolute Gasteiger partial charge is 0.257 e. The van der Waals surface area contributed by atoms with Crippen LogP contribution in [0.5, 0.6) is 0 Å². The Labute approximate surface area is 121 Å². The molecule has 0 radical (unpaired) electrons. The highest BCUT2D eigenvalue weighted by Crippen LogP contribution is 2.22. The number of nitrogens with one attached hydrogen (secondary N) is 1. The molecule has 0 spiro atoms. The molecule has 3 nitrogen and oxygen atoms in total. The van der Waals surface area contributed by atoms with Crippen molar-refractivity contribution in [1.82, 2.24) is 10.2 Å². The zero-order valence-electron chi connectivity index (χ0n) is 11.0. The Morgan fingerprint density at radius 2 is 2.05 bits per heavy atom. The first-order valence-corrected chi connectivity index (χ1v) is 6.15. The van der Waals surface area contributed by atoms with E-state index in [9.17, 15) is 18.0 Å². The molecule has 1 heterocycles. The lowest BCUT2D eigenvalue weighted by atomic mass is 10.1. The largest absolute Gasteiger partial charge is 0.334 e. The lowest BCUT2D eigenvalue weighted by Gasteiger charge is -2.24. The summed E-state index contributed by atoms with van der Waals surface area (Å²) in [4.78, 5) is 13.7. The molecule has 0 saturated carbocycles. The van der Waals surface area contributed by atoms with E-state index in [1.165, 1.54) is 4.90 Å². The molecule has 7 heteroatoms. The van der Waals surface area contributed by atoms with Crippen LogP contribution in [0.1, 0.15) is 23.2 Å². The summed E-state index contributed by atoms with van der Waals surface area (Å²) in [5, 5.41) is 2.96. The van der Waals surface area contributed by atoms with Crippen molar-refractivity contribution in [2.45, 2.75) is 18.9 Å². The summed E-state index contributed by atoms with van der Waals surface area (Å²) in [6.07, 6.45) is 1.64. The minimum Gasteiger partial charge on any atom is -0.334 e. The number of carbonyl (C=O) groups is 1. The van der Waals surface area contributed by atoms with Crippen molar-refractivity contribution in [3.8, 4) is 0 Å². The van der Waals surface area contributed by atoms with E-state index < -0.39 is 28.9 Å². The molecule has 1 aromatic rings. The van der Waals surface area contributed by atoms with Gasteiger partial charge in [-0.1, -0.05) is 0 Å². The van der Waals surface area contributed by atoms with Crippen LogP contribution in [0.15, 0.2) is 12.1 Å². The number of hydrogen-bond donors (Lipinski definition) is 1. The first-order chi connectivity index (χ1) is 9.06. The molecule has 2 rings (SSSR count). The summed E-state index contributed by atoms with van der Waals surface area (Å²) in [5.41, 5.74) is -0.415. The molecule has 1 aromatic carbocycles. The monoisotopic (exact) mass is 308 g/mol. The zero-order chi connectivity index (χ0) is 14.0. The Kier molecular flexibility index (Phi) is 5.83. The molecule has 112 valence electrons. The number of likely N-dealkylation sites (tertiary alicyclic amines) is 1. The van der Waals surface area contributed by atoms with Gasteiger partial charge in [-0.2, -0.15) is 0 Å². The van der Waals surface area contributed by atoms with E-state index in [0.29, 0.717) is 13.1 Å². The predicted octanol–water partition coefficient (Wildman–Crippen LogP) is 2.35. The topological polar surface area (TPSA) is 32.3 Å². The summed E-state index contributed by atoms with van der Waals surface area (Å²) >= 11 is 0. The van der Waals surface area contributed by atoms with E-state index >= 15 is 0 Å². The molecule has 0 aromatic heterocycles. The molecule has 1 unspecified atom stereocenters. The average Bonchev–Trinajstić information content (AvgIpc) is 2.84. The van der Waals surface area contributed by atoms with Gasteiger partial charge in [0.1, 0.15) is 0 Å². The maximum atomic E-state index is 13.6. The number of hydrogen-bond acceptors (Lipinski definition) is 2. The van der Waals surface area contributed by atoms with Gasteiger partial charge in [0, 0.05) is 19.1 Å². The van der Waals surface area contributed by atoms with Crippen molar-refractivity contribution in [1.29, 1.82) is 0 Å². The molecule has 1 aliphatic heterocycles. The van der Waals surface area contributed by atoms with Crippen molar-refractivity contribution >= 4 is 18.3 Å². The quantitative estimate of drug-likeness (QED) is 0.869. The van der Waals surface area contributed by atoms with Crippen LogP contribution in [-0.2, 0) is 0 Å². The van der Waals surface area contributed by atoms with E-state index in [-0.39, 0.29) is 18.4 Å². The third-order valence-corrected chi connectivity index (χ3v) is 3.34. The van der Waals surface area contributed by atoms with E-state index in [1.807, 2.05) is 0 Å². The van der Waals surface area contributed by atoms with Crippen molar-refractivity contribution in [3.05, 3.63) is 35.1 Å². The molecule has 1 saturated heterocycles. The van der Waals surface area contributed by atoms with Gasteiger partial charge in [-0.05, 0) is 32.0 Å². The Bertz CT molecular complexity index is 499. The Morgan fingerprint density at radius 1 is 1.35 bits per heavy atom. The Balaban J connectivity index is 0.00000200. The van der Waals surface area contributed by atoms with E-state index in [0.717, 1.165) is 25.0 Å². The highest BCUT2D eigenvalue weighted by molar-refractivity contribution is 5.95. The third kappa shape index (κ3) is 3.07. The minimum atomic E-state index is -1.60. The molecule has 0 aliphatic carbocycles. The number of nitrogens with zero attached hydrogens (tertiary/aromatic N) is 1. The average molecular weight is 309 g/mol. The van der Waals surface area contributed by atoms with Crippen molar-refractivity contribution < 1.29 is 18.0 Å². The van der Waals surface area contributed by atoms with E-state index in [4.69, 9.17) is 0 Å². The fraction of sp³-hybridized carbons (Fsp3) is 0.462. The summed E-state index contributed by atoms with van der Waals surface area (Å²) in [6, 6.07) is 1.73. The molecule has 1 fully saturated rings. The van der Waals surface area contributed by atoms with Crippen LogP contribution in [0.4, 0.5) is 13.2 Å². The first kappa shape index (κ1) is 16.8. The molecular weight excluding hydrogens is 293 g/mol. The van der Waals surface area contributed by atoms with Crippen LogP contribution in [0.2, 0.25) is 0 Å². The van der Waals surface area contributed by atoms with Crippen LogP contribution >= 0.6 is 12.4 Å². The Hall–Kier alpha value is -1.27. The highest BCUT2D eigenvalue weighted by Gasteiger charge is 2.31. The molecular formula is C13H16ClF3N2O. The van der Waals surface area contributed by atoms with Crippen LogP contribution in [0.3, 0.4) is 0 Å². The van der Waals surface area contributed by atoms with Crippen molar-refractivity contribution in [2.75, 3.05) is 20.1 Å². The van der Waals surface area contributed by atoms with Gasteiger partial charge in [0.25, 0.3) is 5.91 Å². The highest BCUT2D eigenvalue weighted by atomic mass is 35.5. The predicted molar refractivity (Wildman–Crippen MR) is 71.5 cm³/mol. The maximum absolute atomic E-state index is 13.6. The van der Waals surface area contributed by atoms with E-state index in [2.05, 4.69) is 5.32 Å². The lowest BCUT2D eigenvalue weighted by molar-refractivity contribution is 0.0731. The minimum absolute atomic E-state index is 0. The van der Waals surface area contributed by atoms with Gasteiger partial charge >= 0.3 is 0 Å². The van der Waals surface area contributed by atoms with Crippen molar-refractivity contribution in [3.63, 3.8) is 0 Å². The zero-order valence-corrected chi connectivity index (χ0v) is 11.8. The summed E-state index contributed by atoms with van der Waals surface area (Å²) in [6.45, 7) is 1.10. The second kappa shape index (κ2) is 6.95. The van der Waals surface area contributed by atoms with Gasteiger partial charge in [-0.25, -0.2) is 13.2 Å². The van der Waals surface area contributed by atoms with Gasteiger partial charge in [-0.15, -0.1) is 12.4 Å². The fourth-order valence-electron chi connectivity index (χ4n) is 2.40. The number of amides is 1. The van der Waals surface area contributed by atoms with Gasteiger partial charge in [0.15, 0.2) is 17.5 Å². The Morgan fingerprint density at radius 3 is 2.70 bits per heavy atom. The van der Waals surface area contributed by atoms with Crippen LogP contribution in [0.25, 0.3) is 0 Å². The standard InChI is InChI=1S/C13H15F3N2O.ClH/c1-17-7-8-3-2-6-18(8)13(19)9-4-5-10(14)12(16)11(9)15;/h4-5,8,17H,2-3,6-7H2,1H3;1H. The number of carbonyl (C=O) groups excluding carboxylic acids is 1. The molecule has 1 amide bonds. The van der Waals surface area contributed by atoms with Gasteiger partial charge < -0.3 is 10.2 Å². The first-order valence-electron chi connectivity index (χ1n) is 6.15. The molecule has 1 N–H and O–H groups in total. The second-order valence-corrected chi connectivity index (χ2v) is 4.58. The molecule has 20 heavy (non-hydrogen) atoms. The summed E-state index contributed by atoms with van der Waals surface area (Å²) < 4.78 is 39.6. The number of rotatable bonds is 3. The second-order valence-electron chi connectivity index (χ2n) is 4.58. The van der Waals surface area contributed by atoms with Gasteiger partial charge in [0.2, 0.25) is 0 Å². The fourth-order valence-corrected chi connectivity index (χ4v) is 2.40. The maximum Gasteiger partial charge on any atom is 0.257 e. The van der Waals surface area contributed by atoms with Gasteiger partial charge in [0.05, 0.1) is 5.56 Å². The number of likely N-dealkylation sites (N-methyl/N-ethyl adjacent to an activating group) is 1. The molecule has 0 bridgehead atoms. The van der Waals surface area contributed by atoms with Crippen LogP contribution < -0.4 is 5.32 Å². The third-order valence-electron chi connectivity index (χ3n) is 3.34. The van der Waals surface area contributed by atoms with E-state index in [1.54, 1.807) is 7.05 Å². The normalized spacial score (nSPS) is 18.0. The summed E-state index contributed by atoms with van der Waals surface area (Å²) in [7, 11) is 1.76. The number of benzene rings is 1. The molecule has 1 atom stereocenters. The number of halogens is 4. The molecule has 1 aliphatic rings. The summed E-state index contributed by atoms with van der Waals surface area (Å²) in [5.74, 6) is -4.90. The van der Waals surface area contributed by atoms with Crippen molar-refractivity contribution in [2.24, 2.45) is 0 Å². The SMILES string of the molecule is CNCC1CCCN1C(=O)c1ccc(F)c(F)c1F.Cl. The van der Waals surface area contributed by atoms with Crippen LogP contribution in [-0.4, -0.2) is 37.0 Å². The lowest BCUT2D eigenvalue weighted by Crippen LogP contribution is -2.41. The van der Waals surface area contributed by atoms with Crippen LogP contribution in [0, 0.1) is 17.5 Å².